The number of carbonyl (C=O) groups excluding carboxylic acids is 3. The van der Waals surface area contributed by atoms with E-state index in [0.29, 0.717) is 16.8 Å². The van der Waals surface area contributed by atoms with Crippen LogP contribution in [-0.2, 0) is 9.59 Å². The minimum absolute atomic E-state index is 0.250. The smallest absolute Gasteiger partial charge is 0.249 e. The Balaban J connectivity index is 2.88. The Morgan fingerprint density at radius 2 is 1.89 bits per heavy atom. The average molecular weight is 264 g/mol. The van der Waals surface area contributed by atoms with Crippen LogP contribution < -0.4 is 22.5 Å². The molecule has 3 amide bonds. The van der Waals surface area contributed by atoms with Crippen LogP contribution in [0.3, 0.4) is 0 Å². The molecule has 0 aromatic heterocycles. The van der Waals surface area contributed by atoms with Gasteiger partial charge in [0.2, 0.25) is 17.7 Å². The number of nitrogens with two attached hydrogens (primary N) is 3. The predicted molar refractivity (Wildman–Crippen MR) is 70.1 cm³/mol. The quantitative estimate of drug-likeness (QED) is 0.554. The molecule has 7 heteroatoms. The number of hydrogen-bond acceptors (Lipinski definition) is 4. The maximum atomic E-state index is 11.7. The van der Waals surface area contributed by atoms with Crippen LogP contribution in [0.4, 0.5) is 5.69 Å². The number of hydrogen-bond donors (Lipinski definition) is 4. The number of carbonyl (C=O) groups is 3. The van der Waals surface area contributed by atoms with Crippen molar-refractivity contribution in [1.82, 2.24) is 0 Å². The normalized spacial score (nSPS) is 11.7. The molecule has 0 saturated heterocycles. The van der Waals surface area contributed by atoms with Crippen molar-refractivity contribution < 1.29 is 14.4 Å². The third-order valence-corrected chi connectivity index (χ3v) is 2.61. The molecule has 0 saturated carbocycles. The lowest BCUT2D eigenvalue weighted by Gasteiger charge is -2.13. The zero-order chi connectivity index (χ0) is 14.6. The monoisotopic (exact) mass is 264 g/mol. The molecule has 0 fully saturated rings. The third kappa shape index (κ3) is 3.78. The van der Waals surface area contributed by atoms with Gasteiger partial charge in [-0.1, -0.05) is 6.07 Å². The van der Waals surface area contributed by atoms with Crippen molar-refractivity contribution in [1.29, 1.82) is 0 Å². The zero-order valence-corrected chi connectivity index (χ0v) is 10.5. The summed E-state index contributed by atoms with van der Waals surface area (Å²) in [6, 6.07) is 3.71. The molecule has 0 aliphatic heterocycles. The fourth-order valence-electron chi connectivity index (χ4n) is 1.57. The molecule has 0 spiro atoms. The molecular weight excluding hydrogens is 248 g/mol. The van der Waals surface area contributed by atoms with Crippen LogP contribution in [0.25, 0.3) is 0 Å². The highest BCUT2D eigenvalue weighted by atomic mass is 16.2. The molecule has 1 aromatic carbocycles. The Hall–Kier alpha value is -2.41. The summed E-state index contributed by atoms with van der Waals surface area (Å²) in [7, 11) is 0. The zero-order valence-electron chi connectivity index (χ0n) is 10.5. The molecule has 102 valence electrons. The summed E-state index contributed by atoms with van der Waals surface area (Å²) >= 11 is 0. The van der Waals surface area contributed by atoms with Crippen molar-refractivity contribution in [2.45, 2.75) is 19.4 Å². The first-order chi connectivity index (χ1) is 8.82. The largest absolute Gasteiger partial charge is 0.370 e. The first-order valence-corrected chi connectivity index (χ1v) is 5.57. The lowest BCUT2D eigenvalue weighted by Crippen LogP contribution is -2.39. The fraction of sp³-hybridized carbons (Fsp3) is 0.250. The van der Waals surface area contributed by atoms with Gasteiger partial charge >= 0.3 is 0 Å². The molecule has 1 aromatic rings. The summed E-state index contributed by atoms with van der Waals surface area (Å²) in [4.78, 5) is 33.6. The second-order valence-electron chi connectivity index (χ2n) is 4.11. The maximum Gasteiger partial charge on any atom is 0.249 e. The standard InChI is InChI=1S/C12H16N4O3/c1-6-7(11(15)18)3-2-4-9(6)16-12(19)8(13)5-10(14)17/h2-4,8H,5,13H2,1H3,(H2,14,17)(H2,15,18)(H,16,19). The van der Waals surface area contributed by atoms with Gasteiger partial charge in [0.25, 0.3) is 0 Å². The summed E-state index contributed by atoms with van der Waals surface area (Å²) in [6.07, 6.45) is -0.250. The Morgan fingerprint density at radius 3 is 2.42 bits per heavy atom. The SMILES string of the molecule is Cc1c(NC(=O)C(N)CC(N)=O)cccc1C(N)=O. The molecule has 7 N–H and O–H groups in total. The maximum absolute atomic E-state index is 11.7. The fourth-order valence-corrected chi connectivity index (χ4v) is 1.57. The van der Waals surface area contributed by atoms with Crippen LogP contribution in [0.15, 0.2) is 18.2 Å². The molecule has 1 unspecified atom stereocenters. The summed E-state index contributed by atoms with van der Waals surface area (Å²) in [5.74, 6) is -1.80. The minimum Gasteiger partial charge on any atom is -0.370 e. The van der Waals surface area contributed by atoms with Gasteiger partial charge < -0.3 is 22.5 Å². The van der Waals surface area contributed by atoms with E-state index in [2.05, 4.69) is 5.32 Å². The van der Waals surface area contributed by atoms with Gasteiger partial charge in [0.1, 0.15) is 0 Å². The Morgan fingerprint density at radius 1 is 1.26 bits per heavy atom. The first kappa shape index (κ1) is 14.7. The van der Waals surface area contributed by atoms with E-state index in [4.69, 9.17) is 17.2 Å². The number of primary amides is 2. The van der Waals surface area contributed by atoms with Gasteiger partial charge in [-0.15, -0.1) is 0 Å². The van der Waals surface area contributed by atoms with Crippen molar-refractivity contribution in [3.05, 3.63) is 29.3 Å². The van der Waals surface area contributed by atoms with Crippen molar-refractivity contribution in [3.8, 4) is 0 Å². The Bertz CT molecular complexity index is 528. The number of rotatable bonds is 5. The lowest BCUT2D eigenvalue weighted by atomic mass is 10.1. The van der Waals surface area contributed by atoms with E-state index in [0.717, 1.165) is 0 Å². The molecule has 0 bridgehead atoms. The molecule has 19 heavy (non-hydrogen) atoms. The number of nitrogens with one attached hydrogen (secondary N) is 1. The highest BCUT2D eigenvalue weighted by Crippen LogP contribution is 2.18. The second-order valence-corrected chi connectivity index (χ2v) is 4.11. The van der Waals surface area contributed by atoms with Gasteiger partial charge in [-0.2, -0.15) is 0 Å². The first-order valence-electron chi connectivity index (χ1n) is 5.57. The van der Waals surface area contributed by atoms with Crippen LogP contribution in [0, 0.1) is 6.92 Å². The molecule has 0 aliphatic rings. The molecule has 1 atom stereocenters. The Kier molecular flexibility index (Phi) is 4.60. The highest BCUT2D eigenvalue weighted by molar-refractivity contribution is 6.00. The van der Waals surface area contributed by atoms with E-state index in [1.807, 2.05) is 0 Å². The lowest BCUT2D eigenvalue weighted by molar-refractivity contribution is -0.123. The average Bonchev–Trinajstić information content (AvgIpc) is 2.30. The summed E-state index contributed by atoms with van der Waals surface area (Å²) < 4.78 is 0. The highest BCUT2D eigenvalue weighted by Gasteiger charge is 2.17. The van der Waals surface area contributed by atoms with E-state index >= 15 is 0 Å². The molecule has 0 heterocycles. The van der Waals surface area contributed by atoms with Gasteiger partial charge in [-0.3, -0.25) is 14.4 Å². The van der Waals surface area contributed by atoms with Crippen LogP contribution in [0.2, 0.25) is 0 Å². The van der Waals surface area contributed by atoms with Crippen molar-refractivity contribution in [2.24, 2.45) is 17.2 Å². The summed E-state index contributed by atoms with van der Waals surface area (Å²) in [6.45, 7) is 1.65. The van der Waals surface area contributed by atoms with Gasteiger partial charge in [0.05, 0.1) is 12.5 Å². The molecule has 0 radical (unpaired) electrons. The van der Waals surface area contributed by atoms with E-state index in [1.54, 1.807) is 25.1 Å². The van der Waals surface area contributed by atoms with Crippen LogP contribution in [-0.4, -0.2) is 23.8 Å². The minimum atomic E-state index is -1.03. The topological polar surface area (TPSA) is 141 Å². The van der Waals surface area contributed by atoms with E-state index in [1.165, 1.54) is 0 Å². The van der Waals surface area contributed by atoms with E-state index in [9.17, 15) is 14.4 Å². The van der Waals surface area contributed by atoms with Crippen LogP contribution in [0.1, 0.15) is 22.3 Å². The van der Waals surface area contributed by atoms with Gasteiger partial charge in [0, 0.05) is 11.3 Å². The molecule has 7 nitrogen and oxygen atoms in total. The van der Waals surface area contributed by atoms with Crippen molar-refractivity contribution in [3.63, 3.8) is 0 Å². The number of amides is 3. The van der Waals surface area contributed by atoms with Crippen LogP contribution >= 0.6 is 0 Å². The Labute approximate surface area is 110 Å². The van der Waals surface area contributed by atoms with Crippen LogP contribution in [0.5, 0.6) is 0 Å². The third-order valence-electron chi connectivity index (χ3n) is 2.61. The van der Waals surface area contributed by atoms with Crippen molar-refractivity contribution >= 4 is 23.4 Å². The summed E-state index contributed by atoms with van der Waals surface area (Å²) in [5.41, 5.74) is 16.9. The van der Waals surface area contributed by atoms with E-state index in [-0.39, 0.29) is 6.42 Å². The molecular formula is C12H16N4O3. The number of benzene rings is 1. The number of anilines is 1. The molecule has 1 rings (SSSR count). The van der Waals surface area contributed by atoms with Crippen molar-refractivity contribution in [2.75, 3.05) is 5.32 Å². The summed E-state index contributed by atoms with van der Waals surface area (Å²) in [5, 5.41) is 2.53. The molecule has 0 aliphatic carbocycles. The van der Waals surface area contributed by atoms with E-state index < -0.39 is 23.8 Å². The van der Waals surface area contributed by atoms with Gasteiger partial charge in [0.15, 0.2) is 0 Å². The predicted octanol–water partition coefficient (Wildman–Crippen LogP) is -0.765. The van der Waals surface area contributed by atoms with Gasteiger partial charge in [-0.25, -0.2) is 0 Å². The second kappa shape index (κ2) is 5.96. The van der Waals surface area contributed by atoms with Gasteiger partial charge in [-0.05, 0) is 24.6 Å².